The highest BCUT2D eigenvalue weighted by Gasteiger charge is 2.44. The molecule has 1 aromatic rings. The predicted octanol–water partition coefficient (Wildman–Crippen LogP) is 1.77. The molecule has 0 saturated carbocycles. The first kappa shape index (κ1) is 16.0. The van der Waals surface area contributed by atoms with E-state index in [1.807, 2.05) is 4.90 Å². The molecule has 0 aliphatic carbocycles. The van der Waals surface area contributed by atoms with Crippen LogP contribution in [-0.2, 0) is 14.4 Å². The van der Waals surface area contributed by atoms with Crippen LogP contribution in [0, 0.1) is 5.92 Å². The van der Waals surface area contributed by atoms with Crippen LogP contribution in [0.4, 0.5) is 5.69 Å². The van der Waals surface area contributed by atoms with E-state index in [-0.39, 0.29) is 24.2 Å². The third-order valence-electron chi connectivity index (χ3n) is 4.54. The fourth-order valence-corrected chi connectivity index (χ4v) is 3.47. The highest BCUT2D eigenvalue weighted by atomic mass is 35.5. The van der Waals surface area contributed by atoms with Crippen molar-refractivity contribution in [3.63, 3.8) is 0 Å². The highest BCUT2D eigenvalue weighted by molar-refractivity contribution is 6.36. The number of imide groups is 1. The van der Waals surface area contributed by atoms with Gasteiger partial charge in [0, 0.05) is 0 Å². The van der Waals surface area contributed by atoms with E-state index in [2.05, 4.69) is 0 Å². The normalized spacial score (nSPS) is 23.5. The molecule has 0 unspecified atom stereocenters. The van der Waals surface area contributed by atoms with E-state index < -0.39 is 12.0 Å². The standard InChI is InChI=1S/C16H17ClN2O4/c17-11-3-1-2-4-12(11)19-14(20)9-13(15(19)21)18-7-5-10(6-8-18)16(22)23/h1-4,10,13H,5-9H2,(H,22,23)/t13-/m1/s1. The number of piperidine rings is 1. The Kier molecular flexibility index (Phi) is 4.37. The largest absolute Gasteiger partial charge is 0.481 e. The molecule has 2 aliphatic rings. The molecule has 3 rings (SSSR count). The number of hydrogen-bond acceptors (Lipinski definition) is 4. The lowest BCUT2D eigenvalue weighted by molar-refractivity contribution is -0.143. The molecule has 2 saturated heterocycles. The van der Waals surface area contributed by atoms with E-state index in [1.54, 1.807) is 24.3 Å². The van der Waals surface area contributed by atoms with Crippen molar-refractivity contribution in [2.24, 2.45) is 5.92 Å². The van der Waals surface area contributed by atoms with Gasteiger partial charge in [-0.25, -0.2) is 4.90 Å². The topological polar surface area (TPSA) is 77.9 Å². The first-order valence-electron chi connectivity index (χ1n) is 7.57. The molecule has 1 aromatic carbocycles. The molecule has 2 aliphatic heterocycles. The Morgan fingerprint density at radius 3 is 2.43 bits per heavy atom. The maximum atomic E-state index is 12.7. The van der Waals surface area contributed by atoms with Gasteiger partial charge in [0.05, 0.1) is 29.1 Å². The average molecular weight is 337 g/mol. The molecular weight excluding hydrogens is 320 g/mol. The van der Waals surface area contributed by atoms with Crippen LogP contribution in [0.5, 0.6) is 0 Å². The monoisotopic (exact) mass is 336 g/mol. The number of carboxylic acids is 1. The Bertz CT molecular complexity index is 655. The van der Waals surface area contributed by atoms with E-state index in [0.717, 1.165) is 4.90 Å². The van der Waals surface area contributed by atoms with E-state index in [9.17, 15) is 14.4 Å². The third kappa shape index (κ3) is 2.96. The first-order chi connectivity index (χ1) is 11.0. The summed E-state index contributed by atoms with van der Waals surface area (Å²) in [6.45, 7) is 1.02. The van der Waals surface area contributed by atoms with Crippen LogP contribution in [0.1, 0.15) is 19.3 Å². The predicted molar refractivity (Wildman–Crippen MR) is 84.3 cm³/mol. The quantitative estimate of drug-likeness (QED) is 0.851. The molecule has 0 bridgehead atoms. The SMILES string of the molecule is O=C(O)C1CCN([C@@H]2CC(=O)N(c3ccccc3Cl)C2=O)CC1. The fraction of sp³-hybridized carbons (Fsp3) is 0.438. The van der Waals surface area contributed by atoms with Gasteiger partial charge in [-0.15, -0.1) is 0 Å². The second-order valence-corrected chi connectivity index (χ2v) is 6.29. The molecule has 23 heavy (non-hydrogen) atoms. The number of carboxylic acid groups (broad SMARTS) is 1. The van der Waals surface area contributed by atoms with Crippen LogP contribution in [0.15, 0.2) is 24.3 Å². The van der Waals surface area contributed by atoms with Crippen LogP contribution in [0.25, 0.3) is 0 Å². The summed E-state index contributed by atoms with van der Waals surface area (Å²) >= 11 is 6.10. The molecule has 1 atom stereocenters. The molecule has 6 nitrogen and oxygen atoms in total. The molecule has 2 amide bonds. The summed E-state index contributed by atoms with van der Waals surface area (Å²) < 4.78 is 0. The maximum Gasteiger partial charge on any atom is 0.306 e. The van der Waals surface area contributed by atoms with Crippen molar-refractivity contribution in [2.45, 2.75) is 25.3 Å². The lowest BCUT2D eigenvalue weighted by Crippen LogP contribution is -2.46. The number of amides is 2. The molecule has 0 radical (unpaired) electrons. The molecule has 2 heterocycles. The minimum Gasteiger partial charge on any atom is -0.481 e. The first-order valence-corrected chi connectivity index (χ1v) is 7.95. The molecule has 0 spiro atoms. The van der Waals surface area contributed by atoms with Gasteiger partial charge in [0.2, 0.25) is 5.91 Å². The summed E-state index contributed by atoms with van der Waals surface area (Å²) in [7, 11) is 0. The van der Waals surface area contributed by atoms with Crippen molar-refractivity contribution in [1.29, 1.82) is 0 Å². The van der Waals surface area contributed by atoms with Crippen LogP contribution < -0.4 is 4.90 Å². The van der Waals surface area contributed by atoms with Crippen molar-refractivity contribution < 1.29 is 19.5 Å². The zero-order chi connectivity index (χ0) is 16.6. The number of carbonyl (C=O) groups excluding carboxylic acids is 2. The van der Waals surface area contributed by atoms with Gasteiger partial charge in [0.25, 0.3) is 5.91 Å². The summed E-state index contributed by atoms with van der Waals surface area (Å²) in [6.07, 6.45) is 1.11. The van der Waals surface area contributed by atoms with Gasteiger partial charge in [0.1, 0.15) is 0 Å². The zero-order valence-electron chi connectivity index (χ0n) is 12.4. The number of hydrogen-bond donors (Lipinski definition) is 1. The molecular formula is C16H17ClN2O4. The van der Waals surface area contributed by atoms with E-state index in [1.165, 1.54) is 0 Å². The lowest BCUT2D eigenvalue weighted by Gasteiger charge is -2.33. The Morgan fingerprint density at radius 2 is 1.83 bits per heavy atom. The molecule has 7 heteroatoms. The van der Waals surface area contributed by atoms with E-state index in [4.69, 9.17) is 16.7 Å². The Morgan fingerprint density at radius 1 is 1.17 bits per heavy atom. The number of halogens is 1. The van der Waals surface area contributed by atoms with Crippen molar-refractivity contribution >= 4 is 35.1 Å². The summed E-state index contributed by atoms with van der Waals surface area (Å²) in [4.78, 5) is 39.0. The van der Waals surface area contributed by atoms with Crippen molar-refractivity contribution in [1.82, 2.24) is 4.90 Å². The number of rotatable bonds is 3. The van der Waals surface area contributed by atoms with Crippen molar-refractivity contribution in [3.8, 4) is 0 Å². The van der Waals surface area contributed by atoms with Gasteiger partial charge in [-0.05, 0) is 38.1 Å². The van der Waals surface area contributed by atoms with Gasteiger partial charge in [-0.2, -0.15) is 0 Å². The van der Waals surface area contributed by atoms with Gasteiger partial charge in [-0.3, -0.25) is 19.3 Å². The number of likely N-dealkylation sites (tertiary alicyclic amines) is 1. The fourth-order valence-electron chi connectivity index (χ4n) is 3.25. The van der Waals surface area contributed by atoms with Crippen LogP contribution in [-0.4, -0.2) is 46.9 Å². The highest BCUT2D eigenvalue weighted by Crippen LogP contribution is 2.32. The number of benzene rings is 1. The number of anilines is 1. The number of carbonyl (C=O) groups is 3. The minimum absolute atomic E-state index is 0.113. The third-order valence-corrected chi connectivity index (χ3v) is 4.86. The van der Waals surface area contributed by atoms with Crippen LogP contribution in [0.3, 0.4) is 0 Å². The summed E-state index contributed by atoms with van der Waals surface area (Å²) in [6, 6.07) is 6.24. The van der Waals surface area contributed by atoms with Gasteiger partial charge < -0.3 is 5.11 Å². The average Bonchev–Trinajstić information content (AvgIpc) is 2.83. The molecule has 0 aromatic heterocycles. The van der Waals surface area contributed by atoms with Gasteiger partial charge in [-0.1, -0.05) is 23.7 Å². The molecule has 2 fully saturated rings. The summed E-state index contributed by atoms with van der Waals surface area (Å²) in [5.41, 5.74) is 0.409. The van der Waals surface area contributed by atoms with Crippen molar-refractivity contribution in [3.05, 3.63) is 29.3 Å². The second kappa shape index (κ2) is 6.29. The van der Waals surface area contributed by atoms with Crippen molar-refractivity contribution in [2.75, 3.05) is 18.0 Å². The maximum absolute atomic E-state index is 12.7. The number of nitrogens with zero attached hydrogens (tertiary/aromatic N) is 2. The van der Waals surface area contributed by atoms with E-state index in [0.29, 0.717) is 36.6 Å². The lowest BCUT2D eigenvalue weighted by atomic mass is 9.96. The molecule has 122 valence electrons. The van der Waals surface area contributed by atoms with Crippen LogP contribution >= 0.6 is 11.6 Å². The molecule has 1 N–H and O–H groups in total. The minimum atomic E-state index is -0.795. The Labute approximate surface area is 138 Å². The zero-order valence-corrected chi connectivity index (χ0v) is 13.2. The summed E-state index contributed by atoms with van der Waals surface area (Å²) in [5, 5.41) is 9.40. The number of para-hydroxylation sites is 1. The Balaban J connectivity index is 1.75. The second-order valence-electron chi connectivity index (χ2n) is 5.89. The van der Waals surface area contributed by atoms with Crippen LogP contribution in [0.2, 0.25) is 5.02 Å². The van der Waals surface area contributed by atoms with E-state index >= 15 is 0 Å². The summed E-state index contributed by atoms with van der Waals surface area (Å²) in [5.74, 6) is -1.71. The van der Waals surface area contributed by atoms with Gasteiger partial charge in [0.15, 0.2) is 0 Å². The number of aliphatic carboxylic acids is 1. The van der Waals surface area contributed by atoms with Gasteiger partial charge >= 0.3 is 5.97 Å². The smallest absolute Gasteiger partial charge is 0.306 e. The Hall–Kier alpha value is -1.92.